The van der Waals surface area contributed by atoms with Crippen molar-refractivity contribution in [2.75, 3.05) is 0 Å². The number of nitrogens with zero attached hydrogens (tertiary/aromatic N) is 1. The van der Waals surface area contributed by atoms with Gasteiger partial charge in [0.05, 0.1) is 0 Å². The molecule has 86 valence electrons. The van der Waals surface area contributed by atoms with Crippen LogP contribution in [0.5, 0.6) is 0 Å². The van der Waals surface area contributed by atoms with E-state index >= 15 is 0 Å². The molecule has 0 aromatic carbocycles. The summed E-state index contributed by atoms with van der Waals surface area (Å²) in [6.45, 7) is 6.90. The average molecular weight is 221 g/mol. The highest BCUT2D eigenvalue weighted by molar-refractivity contribution is 6.21. The van der Waals surface area contributed by atoms with Crippen LogP contribution in [0.2, 0.25) is 0 Å². The lowest BCUT2D eigenvalue weighted by molar-refractivity contribution is -0.140. The van der Waals surface area contributed by atoms with Gasteiger partial charge in [-0.2, -0.15) is 0 Å². The van der Waals surface area contributed by atoms with E-state index in [2.05, 4.69) is 9.99 Å². The lowest BCUT2D eigenvalue weighted by Gasteiger charge is -2.14. The Morgan fingerprint density at radius 2 is 2.00 bits per heavy atom. The fraction of sp³-hybridized carbons (Fsp3) is 0.417. The average Bonchev–Trinajstić information content (AvgIpc) is 2.15. The molecule has 4 heteroatoms. The maximum atomic E-state index is 11.6. The zero-order chi connectivity index (χ0) is 12.3. The molecule has 0 spiro atoms. The molecule has 0 amide bonds. The third-order valence-electron chi connectivity index (χ3n) is 2.22. The largest absolute Gasteiger partial charge is 0.332 e. The number of hydrogen-bond acceptors (Lipinski definition) is 4. The summed E-state index contributed by atoms with van der Waals surface area (Å²) >= 11 is 0. The zero-order valence-electron chi connectivity index (χ0n) is 9.90. The van der Waals surface area contributed by atoms with Crippen molar-refractivity contribution in [3.8, 4) is 0 Å². The van der Waals surface area contributed by atoms with Gasteiger partial charge >= 0.3 is 5.97 Å². The molecule has 0 fully saturated rings. The fourth-order valence-corrected chi connectivity index (χ4v) is 1.35. The van der Waals surface area contributed by atoms with Crippen LogP contribution in [0.4, 0.5) is 0 Å². The predicted molar refractivity (Wildman–Crippen MR) is 60.9 cm³/mol. The smallest absolute Gasteiger partial charge is 0.318 e. The Hall–Kier alpha value is -1.71. The summed E-state index contributed by atoms with van der Waals surface area (Å²) < 4.78 is 0. The van der Waals surface area contributed by atoms with Crippen LogP contribution in [0.25, 0.3) is 0 Å². The number of hydrogen-bond donors (Lipinski definition) is 0. The van der Waals surface area contributed by atoms with Gasteiger partial charge in [-0.3, -0.25) is 4.79 Å². The molecule has 16 heavy (non-hydrogen) atoms. The second kappa shape index (κ2) is 4.88. The van der Waals surface area contributed by atoms with E-state index in [1.165, 1.54) is 13.0 Å². The Labute approximate surface area is 94.7 Å². The van der Waals surface area contributed by atoms with Crippen LogP contribution in [-0.4, -0.2) is 17.5 Å². The van der Waals surface area contributed by atoms with Crippen LogP contribution in [0, 0.1) is 5.92 Å². The first-order chi connectivity index (χ1) is 7.41. The van der Waals surface area contributed by atoms with E-state index in [9.17, 15) is 9.59 Å². The Bertz CT molecular complexity index is 414. The van der Waals surface area contributed by atoms with Crippen molar-refractivity contribution in [3.05, 3.63) is 23.3 Å². The van der Waals surface area contributed by atoms with Crippen molar-refractivity contribution >= 4 is 17.5 Å². The minimum absolute atomic E-state index is 0.00530. The van der Waals surface area contributed by atoms with Crippen LogP contribution in [-0.2, 0) is 14.4 Å². The standard InChI is InChI=1S/C12H15NO3/c1-7(2)10-6-11(13-16-9(4)14)8(3)5-12(10)15/h5-7H,1-4H3/b13-11+. The Morgan fingerprint density at radius 1 is 1.38 bits per heavy atom. The molecule has 0 saturated heterocycles. The summed E-state index contributed by atoms with van der Waals surface area (Å²) in [5.41, 5.74) is 1.91. The molecule has 1 rings (SSSR count). The third kappa shape index (κ3) is 2.89. The highest BCUT2D eigenvalue weighted by Gasteiger charge is 2.19. The van der Waals surface area contributed by atoms with Crippen LogP contribution in [0.15, 0.2) is 28.5 Å². The molecular weight excluding hydrogens is 206 g/mol. The van der Waals surface area contributed by atoms with Crippen molar-refractivity contribution in [2.45, 2.75) is 27.7 Å². The molecule has 0 unspecified atom stereocenters. The number of allylic oxidation sites excluding steroid dienone is 4. The zero-order valence-corrected chi connectivity index (χ0v) is 9.90. The maximum absolute atomic E-state index is 11.6. The molecule has 0 heterocycles. The topological polar surface area (TPSA) is 55.7 Å². The van der Waals surface area contributed by atoms with Gasteiger partial charge in [-0.1, -0.05) is 19.0 Å². The number of oxime groups is 1. The summed E-state index contributed by atoms with van der Waals surface area (Å²) in [6.07, 6.45) is 3.18. The normalized spacial score (nSPS) is 18.6. The molecule has 0 bridgehead atoms. The van der Waals surface area contributed by atoms with E-state index in [0.717, 1.165) is 0 Å². The van der Waals surface area contributed by atoms with Gasteiger partial charge in [-0.15, -0.1) is 0 Å². The van der Waals surface area contributed by atoms with Crippen LogP contribution in [0.1, 0.15) is 27.7 Å². The molecule has 1 aliphatic carbocycles. The van der Waals surface area contributed by atoms with Crippen molar-refractivity contribution in [2.24, 2.45) is 11.1 Å². The monoisotopic (exact) mass is 221 g/mol. The Kier molecular flexibility index (Phi) is 3.77. The predicted octanol–water partition coefficient (Wildman–Crippen LogP) is 2.02. The van der Waals surface area contributed by atoms with Crippen LogP contribution < -0.4 is 0 Å². The summed E-state index contributed by atoms with van der Waals surface area (Å²) in [4.78, 5) is 26.8. The molecule has 0 N–H and O–H groups in total. The first kappa shape index (κ1) is 12.4. The van der Waals surface area contributed by atoms with Gasteiger partial charge in [-0.25, -0.2) is 4.79 Å². The van der Waals surface area contributed by atoms with Gasteiger partial charge in [0.25, 0.3) is 0 Å². The minimum atomic E-state index is -0.475. The molecule has 0 aromatic rings. The highest BCUT2D eigenvalue weighted by atomic mass is 16.7. The van der Waals surface area contributed by atoms with Gasteiger partial charge in [0.1, 0.15) is 5.71 Å². The Morgan fingerprint density at radius 3 is 2.50 bits per heavy atom. The minimum Gasteiger partial charge on any atom is -0.318 e. The van der Waals surface area contributed by atoms with Crippen molar-refractivity contribution in [1.29, 1.82) is 0 Å². The van der Waals surface area contributed by atoms with Crippen LogP contribution >= 0.6 is 0 Å². The van der Waals surface area contributed by atoms with E-state index in [1.807, 2.05) is 13.8 Å². The van der Waals surface area contributed by atoms with E-state index in [-0.39, 0.29) is 11.7 Å². The van der Waals surface area contributed by atoms with Gasteiger partial charge in [-0.05, 0) is 30.6 Å². The van der Waals surface area contributed by atoms with E-state index in [4.69, 9.17) is 0 Å². The maximum Gasteiger partial charge on any atom is 0.332 e. The molecular formula is C12H15NO3. The number of carbonyl (C=O) groups is 2. The molecule has 0 atom stereocenters. The van der Waals surface area contributed by atoms with Crippen molar-refractivity contribution in [3.63, 3.8) is 0 Å². The summed E-state index contributed by atoms with van der Waals surface area (Å²) in [6, 6.07) is 0. The molecule has 1 aliphatic rings. The third-order valence-corrected chi connectivity index (χ3v) is 2.22. The van der Waals surface area contributed by atoms with E-state index < -0.39 is 5.97 Å². The van der Waals surface area contributed by atoms with Gasteiger partial charge in [0.15, 0.2) is 5.78 Å². The van der Waals surface area contributed by atoms with E-state index in [1.54, 1.807) is 13.0 Å². The molecule has 4 nitrogen and oxygen atoms in total. The molecule has 0 aliphatic heterocycles. The number of rotatable bonds is 2. The fourth-order valence-electron chi connectivity index (χ4n) is 1.35. The van der Waals surface area contributed by atoms with Crippen molar-refractivity contribution < 1.29 is 14.4 Å². The summed E-state index contributed by atoms with van der Waals surface area (Å²) in [7, 11) is 0. The quantitative estimate of drug-likeness (QED) is 0.407. The second-order valence-electron chi connectivity index (χ2n) is 4.01. The number of ketones is 1. The summed E-state index contributed by atoms with van der Waals surface area (Å²) in [5.74, 6) is -0.356. The van der Waals surface area contributed by atoms with Gasteiger partial charge in [0.2, 0.25) is 0 Å². The van der Waals surface area contributed by atoms with E-state index in [0.29, 0.717) is 16.9 Å². The summed E-state index contributed by atoms with van der Waals surface area (Å²) in [5, 5.41) is 3.70. The first-order valence-corrected chi connectivity index (χ1v) is 5.12. The van der Waals surface area contributed by atoms with Gasteiger partial charge < -0.3 is 4.84 Å². The molecule has 0 aromatic heterocycles. The molecule has 0 radical (unpaired) electrons. The lowest BCUT2D eigenvalue weighted by Crippen LogP contribution is -2.16. The van der Waals surface area contributed by atoms with Crippen molar-refractivity contribution in [1.82, 2.24) is 0 Å². The second-order valence-corrected chi connectivity index (χ2v) is 4.01. The SMILES string of the molecule is CC(=O)O/N=C1\C=C(C(C)C)C(=O)C=C1C. The lowest BCUT2D eigenvalue weighted by atomic mass is 9.90. The van der Waals surface area contributed by atoms with Gasteiger partial charge in [0, 0.05) is 12.5 Å². The molecule has 0 saturated carbocycles. The van der Waals surface area contributed by atoms with Crippen LogP contribution in [0.3, 0.4) is 0 Å². The first-order valence-electron chi connectivity index (χ1n) is 5.12. The highest BCUT2D eigenvalue weighted by Crippen LogP contribution is 2.19. The Balaban J connectivity index is 3.01. The number of carbonyl (C=O) groups excluding carboxylic acids is 2.